The van der Waals surface area contributed by atoms with E-state index in [1.807, 2.05) is 62.4 Å². The van der Waals surface area contributed by atoms with E-state index in [0.29, 0.717) is 31.4 Å². The number of nitrogens with one attached hydrogen (secondary N) is 2. The average Bonchev–Trinajstić information content (AvgIpc) is 2.73. The minimum absolute atomic E-state index is 0.00981. The van der Waals surface area contributed by atoms with E-state index in [2.05, 4.69) is 15.6 Å². The summed E-state index contributed by atoms with van der Waals surface area (Å²) in [7, 11) is 1.63. The number of ether oxygens (including phenoxy) is 2. The van der Waals surface area contributed by atoms with Gasteiger partial charge in [-0.15, -0.1) is 0 Å². The topological polar surface area (TPSA) is 75.1 Å². The van der Waals surface area contributed by atoms with Gasteiger partial charge in [0.15, 0.2) is 17.5 Å². The Bertz CT molecular complexity index is 735. The minimum Gasteiger partial charge on any atom is -0.493 e. The van der Waals surface area contributed by atoms with Crippen molar-refractivity contribution in [3.05, 3.63) is 59.7 Å². The SMILES string of the molecule is CCNC(=NCc1ccc(OC)c(OCC)c1)NCC(CO)c1ccccc1. The van der Waals surface area contributed by atoms with Crippen LogP contribution in [0.5, 0.6) is 11.5 Å². The Morgan fingerprint density at radius 2 is 1.86 bits per heavy atom. The number of aliphatic hydroxyl groups excluding tert-OH is 1. The predicted octanol–water partition coefficient (Wildman–Crippen LogP) is 2.93. The van der Waals surface area contributed by atoms with Gasteiger partial charge in [0.1, 0.15) is 0 Å². The van der Waals surface area contributed by atoms with Crippen LogP contribution < -0.4 is 20.1 Å². The van der Waals surface area contributed by atoms with Gasteiger partial charge in [-0.05, 0) is 37.1 Å². The maximum atomic E-state index is 9.73. The highest BCUT2D eigenvalue weighted by Crippen LogP contribution is 2.28. The third kappa shape index (κ3) is 6.46. The summed E-state index contributed by atoms with van der Waals surface area (Å²) in [4.78, 5) is 4.66. The van der Waals surface area contributed by atoms with E-state index in [9.17, 15) is 5.11 Å². The lowest BCUT2D eigenvalue weighted by atomic mass is 10.0. The Hall–Kier alpha value is -2.73. The minimum atomic E-state index is 0.00981. The zero-order chi connectivity index (χ0) is 20.2. The van der Waals surface area contributed by atoms with Crippen molar-refractivity contribution in [2.24, 2.45) is 4.99 Å². The third-order valence-electron chi connectivity index (χ3n) is 4.30. The second-order valence-electron chi connectivity index (χ2n) is 6.28. The summed E-state index contributed by atoms with van der Waals surface area (Å²) >= 11 is 0. The number of methoxy groups -OCH3 is 1. The Morgan fingerprint density at radius 3 is 2.50 bits per heavy atom. The van der Waals surface area contributed by atoms with Crippen molar-refractivity contribution >= 4 is 5.96 Å². The number of aliphatic imine (C=N–C) groups is 1. The smallest absolute Gasteiger partial charge is 0.191 e. The third-order valence-corrected chi connectivity index (χ3v) is 4.30. The molecule has 6 nitrogen and oxygen atoms in total. The highest BCUT2D eigenvalue weighted by Gasteiger charge is 2.11. The van der Waals surface area contributed by atoms with Crippen molar-refractivity contribution < 1.29 is 14.6 Å². The number of benzene rings is 2. The van der Waals surface area contributed by atoms with Crippen LogP contribution in [-0.4, -0.2) is 44.5 Å². The molecule has 0 saturated carbocycles. The molecule has 2 aromatic rings. The molecule has 28 heavy (non-hydrogen) atoms. The summed E-state index contributed by atoms with van der Waals surface area (Å²) in [6.07, 6.45) is 0. The molecule has 152 valence electrons. The fourth-order valence-corrected chi connectivity index (χ4v) is 2.83. The average molecular weight is 386 g/mol. The fourth-order valence-electron chi connectivity index (χ4n) is 2.83. The van der Waals surface area contributed by atoms with Crippen molar-refractivity contribution in [3.63, 3.8) is 0 Å². The molecule has 0 spiro atoms. The van der Waals surface area contributed by atoms with Crippen LogP contribution in [0, 0.1) is 0 Å². The zero-order valence-corrected chi connectivity index (χ0v) is 16.9. The molecule has 6 heteroatoms. The Labute approximate surface area is 167 Å². The number of nitrogens with zero attached hydrogens (tertiary/aromatic N) is 1. The van der Waals surface area contributed by atoms with E-state index >= 15 is 0 Å². The molecule has 1 unspecified atom stereocenters. The van der Waals surface area contributed by atoms with E-state index in [1.165, 1.54) is 0 Å². The van der Waals surface area contributed by atoms with Crippen molar-refractivity contribution in [1.29, 1.82) is 0 Å². The first-order chi connectivity index (χ1) is 13.7. The molecule has 0 saturated heterocycles. The summed E-state index contributed by atoms with van der Waals surface area (Å²) < 4.78 is 11.0. The Balaban J connectivity index is 2.04. The second-order valence-corrected chi connectivity index (χ2v) is 6.28. The van der Waals surface area contributed by atoms with Gasteiger partial charge < -0.3 is 25.2 Å². The maximum absolute atomic E-state index is 9.73. The van der Waals surface area contributed by atoms with Gasteiger partial charge in [-0.1, -0.05) is 36.4 Å². The summed E-state index contributed by atoms with van der Waals surface area (Å²) in [6.45, 7) is 6.49. The normalized spacial score (nSPS) is 12.4. The lowest BCUT2D eigenvalue weighted by molar-refractivity contribution is 0.265. The first-order valence-electron chi connectivity index (χ1n) is 9.69. The van der Waals surface area contributed by atoms with Crippen molar-refractivity contribution in [2.75, 3.05) is 33.4 Å². The quantitative estimate of drug-likeness (QED) is 0.433. The first-order valence-corrected chi connectivity index (χ1v) is 9.69. The summed E-state index contributed by atoms with van der Waals surface area (Å²) in [6, 6.07) is 15.8. The van der Waals surface area contributed by atoms with E-state index in [-0.39, 0.29) is 12.5 Å². The number of aliphatic hydroxyl groups is 1. The van der Waals surface area contributed by atoms with Crippen LogP contribution in [0.15, 0.2) is 53.5 Å². The lowest BCUT2D eigenvalue weighted by Crippen LogP contribution is -2.39. The van der Waals surface area contributed by atoms with Crippen LogP contribution in [0.4, 0.5) is 0 Å². The van der Waals surface area contributed by atoms with Gasteiger partial charge >= 0.3 is 0 Å². The molecule has 0 aliphatic heterocycles. The van der Waals surface area contributed by atoms with Crippen LogP contribution in [0.2, 0.25) is 0 Å². The van der Waals surface area contributed by atoms with Crippen LogP contribution in [-0.2, 0) is 6.54 Å². The second kappa shape index (κ2) is 11.9. The van der Waals surface area contributed by atoms with E-state index in [1.54, 1.807) is 7.11 Å². The van der Waals surface area contributed by atoms with Crippen LogP contribution >= 0.6 is 0 Å². The molecule has 0 aromatic heterocycles. The summed E-state index contributed by atoms with van der Waals surface area (Å²) in [5, 5.41) is 16.3. The van der Waals surface area contributed by atoms with Gasteiger partial charge in [0.25, 0.3) is 0 Å². The summed E-state index contributed by atoms with van der Waals surface area (Å²) in [5.41, 5.74) is 2.13. The number of guanidine groups is 1. The number of rotatable bonds is 10. The monoisotopic (exact) mass is 385 g/mol. The molecule has 1 atom stereocenters. The lowest BCUT2D eigenvalue weighted by Gasteiger charge is -2.18. The van der Waals surface area contributed by atoms with E-state index < -0.39 is 0 Å². The molecular weight excluding hydrogens is 354 g/mol. The van der Waals surface area contributed by atoms with Crippen molar-refractivity contribution in [3.8, 4) is 11.5 Å². The number of hydrogen-bond donors (Lipinski definition) is 3. The van der Waals surface area contributed by atoms with Crippen molar-refractivity contribution in [1.82, 2.24) is 10.6 Å². The molecule has 0 aliphatic carbocycles. The van der Waals surface area contributed by atoms with Crippen LogP contribution in [0.25, 0.3) is 0 Å². The zero-order valence-electron chi connectivity index (χ0n) is 16.9. The summed E-state index contributed by atoms with van der Waals surface area (Å²) in [5.74, 6) is 2.16. The van der Waals surface area contributed by atoms with Crippen LogP contribution in [0.1, 0.15) is 30.9 Å². The van der Waals surface area contributed by atoms with Gasteiger partial charge in [-0.2, -0.15) is 0 Å². The Morgan fingerprint density at radius 1 is 1.07 bits per heavy atom. The van der Waals surface area contributed by atoms with Gasteiger partial charge in [0, 0.05) is 19.0 Å². The highest BCUT2D eigenvalue weighted by molar-refractivity contribution is 5.79. The molecule has 0 amide bonds. The molecule has 3 N–H and O–H groups in total. The molecule has 0 aliphatic rings. The first kappa shape index (κ1) is 21.6. The molecule has 0 radical (unpaired) electrons. The molecule has 2 aromatic carbocycles. The standard InChI is InChI=1S/C22H31N3O3/c1-4-23-22(25-15-19(16-26)18-9-7-6-8-10-18)24-14-17-11-12-20(27-3)21(13-17)28-5-2/h6-13,19,26H,4-5,14-16H2,1-3H3,(H2,23,24,25). The van der Waals surface area contributed by atoms with Gasteiger partial charge in [-0.3, -0.25) is 0 Å². The molecule has 0 heterocycles. The maximum Gasteiger partial charge on any atom is 0.191 e. The largest absolute Gasteiger partial charge is 0.493 e. The predicted molar refractivity (Wildman–Crippen MR) is 113 cm³/mol. The van der Waals surface area contributed by atoms with Gasteiger partial charge in [0.05, 0.1) is 26.9 Å². The van der Waals surface area contributed by atoms with E-state index in [4.69, 9.17) is 9.47 Å². The fraction of sp³-hybridized carbons (Fsp3) is 0.409. The Kier molecular flexibility index (Phi) is 9.15. The van der Waals surface area contributed by atoms with Gasteiger partial charge in [-0.25, -0.2) is 4.99 Å². The van der Waals surface area contributed by atoms with Crippen molar-refractivity contribution in [2.45, 2.75) is 26.3 Å². The molecular formula is C22H31N3O3. The van der Waals surface area contributed by atoms with E-state index in [0.717, 1.165) is 23.4 Å². The van der Waals surface area contributed by atoms with Crippen LogP contribution in [0.3, 0.4) is 0 Å². The molecule has 0 bridgehead atoms. The molecule has 0 fully saturated rings. The number of hydrogen-bond acceptors (Lipinski definition) is 4. The highest BCUT2D eigenvalue weighted by atomic mass is 16.5. The molecule has 2 rings (SSSR count). The van der Waals surface area contributed by atoms with Gasteiger partial charge in [0.2, 0.25) is 0 Å².